The predicted molar refractivity (Wildman–Crippen MR) is 110 cm³/mol. The molecule has 0 aliphatic heterocycles. The van der Waals surface area contributed by atoms with E-state index in [1.807, 2.05) is 6.07 Å². The Morgan fingerprint density at radius 3 is 1.43 bits per heavy atom. The summed E-state index contributed by atoms with van der Waals surface area (Å²) in [5.74, 6) is 0.733. The summed E-state index contributed by atoms with van der Waals surface area (Å²) in [6, 6.07) is 17.8. The second-order valence-electron chi connectivity index (χ2n) is 7.51. The normalized spacial score (nSPS) is 13.2. The van der Waals surface area contributed by atoms with Crippen molar-refractivity contribution in [3.05, 3.63) is 82.9 Å². The Kier molecular flexibility index (Phi) is 5.78. The maximum absolute atomic E-state index is 10.0. The van der Waals surface area contributed by atoms with Crippen LogP contribution in [0.25, 0.3) is 0 Å². The van der Waals surface area contributed by atoms with E-state index in [1.54, 1.807) is 24.3 Å². The van der Waals surface area contributed by atoms with Gasteiger partial charge in [-0.15, -0.1) is 0 Å². The third-order valence-corrected chi connectivity index (χ3v) is 5.24. The van der Waals surface area contributed by atoms with Crippen molar-refractivity contribution >= 4 is 0 Å². The van der Waals surface area contributed by atoms with Gasteiger partial charge in [0.25, 0.3) is 0 Å². The molecule has 4 heteroatoms. The molecule has 0 radical (unpaired) electrons. The third kappa shape index (κ3) is 4.58. The highest BCUT2D eigenvalue weighted by Gasteiger charge is 2.14. The zero-order chi connectivity index (χ0) is 20.3. The maximum atomic E-state index is 10.0. The van der Waals surface area contributed by atoms with E-state index in [9.17, 15) is 20.4 Å². The zero-order valence-electron chi connectivity index (χ0n) is 16.1. The number of phenolic OH excluding ortho intramolecular Hbond substituents is 4. The molecule has 0 aromatic heterocycles. The number of rotatable bonds is 6. The molecular formula is C24H26O4. The van der Waals surface area contributed by atoms with E-state index in [0.717, 1.165) is 11.1 Å². The smallest absolute Gasteiger partial charge is 0.122 e. The number of benzene rings is 3. The van der Waals surface area contributed by atoms with E-state index in [-0.39, 0.29) is 34.8 Å². The van der Waals surface area contributed by atoms with Crippen molar-refractivity contribution in [2.45, 2.75) is 38.5 Å². The van der Waals surface area contributed by atoms with Crippen LogP contribution in [0.1, 0.15) is 47.9 Å². The van der Waals surface area contributed by atoms with Crippen molar-refractivity contribution in [1.82, 2.24) is 0 Å². The minimum atomic E-state index is 0.0576. The van der Waals surface area contributed by atoms with Crippen molar-refractivity contribution in [2.24, 2.45) is 0 Å². The average Bonchev–Trinajstić information content (AvgIpc) is 2.66. The van der Waals surface area contributed by atoms with E-state index < -0.39 is 0 Å². The van der Waals surface area contributed by atoms with Gasteiger partial charge in [-0.25, -0.2) is 0 Å². The van der Waals surface area contributed by atoms with Crippen LogP contribution in [-0.2, 0) is 12.8 Å². The summed E-state index contributed by atoms with van der Waals surface area (Å²) in [5.41, 5.74) is 3.95. The van der Waals surface area contributed by atoms with Gasteiger partial charge in [0.2, 0.25) is 0 Å². The van der Waals surface area contributed by atoms with Crippen molar-refractivity contribution in [1.29, 1.82) is 0 Å². The highest BCUT2D eigenvalue weighted by Crippen LogP contribution is 2.32. The third-order valence-electron chi connectivity index (χ3n) is 5.24. The standard InChI is InChI=1S/C24H26O4/c1-15(10-19-6-8-21(25)13-23(19)27)17-4-3-5-18(12-17)16(2)11-20-7-9-22(26)14-24(20)28/h3-9,12-16,25-28H,10-11H2,1-2H3. The van der Waals surface area contributed by atoms with Gasteiger partial charge in [0.05, 0.1) is 0 Å². The number of aromatic hydroxyl groups is 4. The van der Waals surface area contributed by atoms with Gasteiger partial charge < -0.3 is 20.4 Å². The van der Waals surface area contributed by atoms with Crippen LogP contribution in [0.5, 0.6) is 23.0 Å². The Labute approximate surface area is 165 Å². The maximum Gasteiger partial charge on any atom is 0.122 e. The minimum absolute atomic E-state index is 0.0576. The zero-order valence-corrected chi connectivity index (χ0v) is 16.1. The number of hydrogen-bond donors (Lipinski definition) is 4. The first-order chi connectivity index (χ1) is 13.3. The molecule has 0 saturated carbocycles. The molecule has 28 heavy (non-hydrogen) atoms. The monoisotopic (exact) mass is 378 g/mol. The summed E-state index contributed by atoms with van der Waals surface area (Å²) in [4.78, 5) is 0. The number of hydrogen-bond acceptors (Lipinski definition) is 4. The fourth-order valence-corrected chi connectivity index (χ4v) is 3.52. The summed E-state index contributed by atoms with van der Waals surface area (Å²) < 4.78 is 0. The second-order valence-corrected chi connectivity index (χ2v) is 7.51. The summed E-state index contributed by atoms with van der Waals surface area (Å²) in [5, 5.41) is 39.0. The molecule has 4 nitrogen and oxygen atoms in total. The molecule has 0 bridgehead atoms. The van der Waals surface area contributed by atoms with E-state index in [2.05, 4.69) is 32.0 Å². The molecule has 0 spiro atoms. The Hall–Kier alpha value is -3.14. The van der Waals surface area contributed by atoms with E-state index in [4.69, 9.17) is 0 Å². The van der Waals surface area contributed by atoms with E-state index in [1.165, 1.54) is 23.3 Å². The van der Waals surface area contributed by atoms with Crippen LogP contribution in [-0.4, -0.2) is 20.4 Å². The van der Waals surface area contributed by atoms with Crippen LogP contribution in [0.2, 0.25) is 0 Å². The lowest BCUT2D eigenvalue weighted by atomic mass is 9.88. The predicted octanol–water partition coefficient (Wildman–Crippen LogP) is 5.20. The fourth-order valence-electron chi connectivity index (χ4n) is 3.52. The molecule has 2 unspecified atom stereocenters. The van der Waals surface area contributed by atoms with Gasteiger partial charge in [-0.05, 0) is 59.1 Å². The van der Waals surface area contributed by atoms with Gasteiger partial charge in [-0.2, -0.15) is 0 Å². The average molecular weight is 378 g/mol. The minimum Gasteiger partial charge on any atom is -0.508 e. The molecule has 0 heterocycles. The van der Waals surface area contributed by atoms with E-state index in [0.29, 0.717) is 12.8 Å². The molecule has 0 fully saturated rings. The van der Waals surface area contributed by atoms with Gasteiger partial charge >= 0.3 is 0 Å². The van der Waals surface area contributed by atoms with Gasteiger partial charge in [-0.3, -0.25) is 0 Å². The molecule has 146 valence electrons. The van der Waals surface area contributed by atoms with Crippen molar-refractivity contribution in [3.8, 4) is 23.0 Å². The van der Waals surface area contributed by atoms with Crippen molar-refractivity contribution < 1.29 is 20.4 Å². The van der Waals surface area contributed by atoms with Gasteiger partial charge in [0, 0.05) is 12.1 Å². The van der Waals surface area contributed by atoms with Crippen molar-refractivity contribution in [3.63, 3.8) is 0 Å². The van der Waals surface area contributed by atoms with E-state index >= 15 is 0 Å². The molecule has 0 aliphatic carbocycles. The molecular weight excluding hydrogens is 352 g/mol. The van der Waals surface area contributed by atoms with Crippen LogP contribution in [0, 0.1) is 0 Å². The molecule has 3 rings (SSSR count). The SMILES string of the molecule is CC(Cc1ccc(O)cc1O)c1cccc(C(C)Cc2ccc(O)cc2O)c1. The summed E-state index contributed by atoms with van der Waals surface area (Å²) >= 11 is 0. The van der Waals surface area contributed by atoms with Crippen LogP contribution >= 0.6 is 0 Å². The molecule has 2 atom stereocenters. The lowest BCUT2D eigenvalue weighted by Gasteiger charge is -2.18. The fraction of sp³-hybridized carbons (Fsp3) is 0.250. The molecule has 3 aromatic carbocycles. The Morgan fingerprint density at radius 2 is 1.04 bits per heavy atom. The molecule has 0 amide bonds. The topological polar surface area (TPSA) is 80.9 Å². The molecule has 0 aliphatic rings. The first-order valence-electron chi connectivity index (χ1n) is 9.45. The summed E-state index contributed by atoms with van der Waals surface area (Å²) in [7, 11) is 0. The summed E-state index contributed by atoms with van der Waals surface area (Å²) in [6.45, 7) is 4.23. The van der Waals surface area contributed by atoms with Crippen LogP contribution < -0.4 is 0 Å². The van der Waals surface area contributed by atoms with Crippen molar-refractivity contribution in [2.75, 3.05) is 0 Å². The van der Waals surface area contributed by atoms with Gasteiger partial charge in [-0.1, -0.05) is 50.2 Å². The molecule has 3 aromatic rings. The second kappa shape index (κ2) is 8.26. The Bertz CT molecular complexity index is 890. The highest BCUT2D eigenvalue weighted by molar-refractivity contribution is 5.42. The first-order valence-corrected chi connectivity index (χ1v) is 9.45. The lowest BCUT2D eigenvalue weighted by Crippen LogP contribution is -2.03. The largest absolute Gasteiger partial charge is 0.508 e. The van der Waals surface area contributed by atoms with Crippen LogP contribution in [0.3, 0.4) is 0 Å². The van der Waals surface area contributed by atoms with Gasteiger partial charge in [0.1, 0.15) is 23.0 Å². The van der Waals surface area contributed by atoms with Gasteiger partial charge in [0.15, 0.2) is 0 Å². The Balaban J connectivity index is 1.75. The lowest BCUT2D eigenvalue weighted by molar-refractivity contribution is 0.443. The first kappa shape index (κ1) is 19.6. The van der Waals surface area contributed by atoms with Crippen LogP contribution in [0.4, 0.5) is 0 Å². The van der Waals surface area contributed by atoms with Crippen LogP contribution in [0.15, 0.2) is 60.7 Å². The summed E-state index contributed by atoms with van der Waals surface area (Å²) in [6.07, 6.45) is 1.34. The highest BCUT2D eigenvalue weighted by atomic mass is 16.3. The number of phenols is 4. The quantitative estimate of drug-likeness (QED) is 0.475. The molecule has 4 N–H and O–H groups in total. The Morgan fingerprint density at radius 1 is 0.607 bits per heavy atom. The molecule has 0 saturated heterocycles.